The summed E-state index contributed by atoms with van der Waals surface area (Å²) in [5, 5.41) is 0. The van der Waals surface area contributed by atoms with Gasteiger partial charge in [-0.05, 0) is 18.2 Å². The average Bonchev–Trinajstić information content (AvgIpc) is 2.24. The summed E-state index contributed by atoms with van der Waals surface area (Å²) in [6.45, 7) is 0. The van der Waals surface area contributed by atoms with E-state index in [1.165, 1.54) is 24.4 Å². The summed E-state index contributed by atoms with van der Waals surface area (Å²) in [5.74, 6) is -0.505. The number of nitrogens with zero attached hydrogens (tertiary/aromatic N) is 1. The van der Waals surface area contributed by atoms with Crippen LogP contribution in [-0.4, -0.2) is 4.57 Å². The van der Waals surface area contributed by atoms with E-state index in [-0.39, 0.29) is 11.4 Å². The Hall–Kier alpha value is -2.30. The van der Waals surface area contributed by atoms with Crippen LogP contribution >= 0.6 is 0 Å². The molecule has 1 heterocycles. The molecule has 0 saturated carbocycles. The van der Waals surface area contributed by atoms with Crippen LogP contribution in [0.4, 0.5) is 15.8 Å². The second kappa shape index (κ2) is 3.69. The van der Waals surface area contributed by atoms with E-state index >= 15 is 0 Å². The molecule has 0 amide bonds. The van der Waals surface area contributed by atoms with Crippen molar-refractivity contribution in [1.29, 1.82) is 0 Å². The van der Waals surface area contributed by atoms with Crippen LogP contribution in [0.5, 0.6) is 0 Å². The molecule has 4 nitrogen and oxygen atoms in total. The van der Waals surface area contributed by atoms with Crippen molar-refractivity contribution < 1.29 is 4.39 Å². The molecule has 0 radical (unpaired) electrons. The zero-order chi connectivity index (χ0) is 11.7. The topological polar surface area (TPSA) is 74.0 Å². The van der Waals surface area contributed by atoms with Crippen molar-refractivity contribution in [2.45, 2.75) is 0 Å². The van der Waals surface area contributed by atoms with Gasteiger partial charge in [-0.25, -0.2) is 4.39 Å². The number of rotatable bonds is 1. The smallest absolute Gasteiger partial charge is 0.278 e. The molecule has 0 saturated heterocycles. The number of nitrogens with two attached hydrogens (primary N) is 2. The second-order valence-corrected chi connectivity index (χ2v) is 3.36. The maximum absolute atomic E-state index is 13.5. The van der Waals surface area contributed by atoms with Gasteiger partial charge >= 0.3 is 0 Å². The summed E-state index contributed by atoms with van der Waals surface area (Å²) in [5.41, 5.74) is 11.0. The van der Waals surface area contributed by atoms with E-state index < -0.39 is 11.4 Å². The Bertz CT molecular complexity index is 592. The van der Waals surface area contributed by atoms with Gasteiger partial charge in [0, 0.05) is 6.20 Å². The Morgan fingerprint density at radius 3 is 2.56 bits per heavy atom. The minimum atomic E-state index is -0.505. The predicted molar refractivity (Wildman–Crippen MR) is 60.8 cm³/mol. The summed E-state index contributed by atoms with van der Waals surface area (Å²) >= 11 is 0. The van der Waals surface area contributed by atoms with Crippen molar-refractivity contribution in [3.05, 3.63) is 52.7 Å². The molecule has 2 aromatic rings. The third-order valence-corrected chi connectivity index (χ3v) is 2.18. The highest BCUT2D eigenvalue weighted by molar-refractivity contribution is 5.51. The van der Waals surface area contributed by atoms with Gasteiger partial charge in [0.1, 0.15) is 11.5 Å². The molecule has 0 aliphatic heterocycles. The van der Waals surface area contributed by atoms with E-state index in [0.29, 0.717) is 5.69 Å². The van der Waals surface area contributed by atoms with Gasteiger partial charge in [0.05, 0.1) is 11.4 Å². The van der Waals surface area contributed by atoms with Crippen LogP contribution < -0.4 is 17.0 Å². The number of nitrogen functional groups attached to an aromatic ring is 2. The van der Waals surface area contributed by atoms with E-state index in [4.69, 9.17) is 11.5 Å². The molecule has 0 bridgehead atoms. The predicted octanol–water partition coefficient (Wildman–Crippen LogP) is 1.14. The van der Waals surface area contributed by atoms with Gasteiger partial charge in [-0.2, -0.15) is 0 Å². The van der Waals surface area contributed by atoms with Gasteiger partial charge in [0.15, 0.2) is 0 Å². The number of benzene rings is 1. The van der Waals surface area contributed by atoms with Crippen molar-refractivity contribution in [2.24, 2.45) is 0 Å². The van der Waals surface area contributed by atoms with Gasteiger partial charge in [0.25, 0.3) is 5.56 Å². The lowest BCUT2D eigenvalue weighted by atomic mass is 10.3. The summed E-state index contributed by atoms with van der Waals surface area (Å²) in [4.78, 5) is 11.7. The lowest BCUT2D eigenvalue weighted by molar-refractivity contribution is 0.616. The van der Waals surface area contributed by atoms with Crippen molar-refractivity contribution in [3.63, 3.8) is 0 Å². The monoisotopic (exact) mass is 219 g/mol. The highest BCUT2D eigenvalue weighted by atomic mass is 19.1. The lowest BCUT2D eigenvalue weighted by Crippen LogP contribution is -2.22. The van der Waals surface area contributed by atoms with Gasteiger partial charge in [0.2, 0.25) is 0 Å². The SMILES string of the molecule is Nc1cc(N)c(=O)n(-c2ccccc2F)c1. The standard InChI is InChI=1S/C11H10FN3O/c12-8-3-1-2-4-10(8)15-6-7(13)5-9(14)11(15)16/h1-6H,13-14H2. The number of aromatic nitrogens is 1. The third-order valence-electron chi connectivity index (χ3n) is 2.18. The van der Waals surface area contributed by atoms with Crippen LogP contribution in [0.25, 0.3) is 5.69 Å². The van der Waals surface area contributed by atoms with Gasteiger partial charge in [-0.15, -0.1) is 0 Å². The number of hydrogen-bond acceptors (Lipinski definition) is 3. The number of anilines is 2. The lowest BCUT2D eigenvalue weighted by Gasteiger charge is -2.08. The Morgan fingerprint density at radius 2 is 1.88 bits per heavy atom. The van der Waals surface area contributed by atoms with Crippen LogP contribution in [0.15, 0.2) is 41.3 Å². The molecule has 2 rings (SSSR count). The van der Waals surface area contributed by atoms with Crippen LogP contribution in [0.3, 0.4) is 0 Å². The zero-order valence-corrected chi connectivity index (χ0v) is 8.35. The number of para-hydroxylation sites is 1. The summed E-state index contributed by atoms with van der Waals surface area (Å²) in [6.07, 6.45) is 1.34. The Kier molecular flexibility index (Phi) is 2.36. The zero-order valence-electron chi connectivity index (χ0n) is 8.35. The Labute approximate surface area is 90.9 Å². The van der Waals surface area contributed by atoms with Crippen LogP contribution in [0, 0.1) is 5.82 Å². The highest BCUT2D eigenvalue weighted by Crippen LogP contribution is 2.13. The van der Waals surface area contributed by atoms with Gasteiger partial charge < -0.3 is 11.5 Å². The first-order valence-corrected chi connectivity index (χ1v) is 4.62. The third kappa shape index (κ3) is 1.63. The molecule has 1 aromatic carbocycles. The molecule has 82 valence electrons. The molecular formula is C11H10FN3O. The van der Waals surface area contributed by atoms with Crippen molar-refractivity contribution >= 4 is 11.4 Å². The molecule has 0 unspecified atom stereocenters. The van der Waals surface area contributed by atoms with E-state index in [0.717, 1.165) is 4.57 Å². The highest BCUT2D eigenvalue weighted by Gasteiger charge is 2.07. The van der Waals surface area contributed by atoms with E-state index in [1.807, 2.05) is 0 Å². The van der Waals surface area contributed by atoms with Crippen LogP contribution in [0.1, 0.15) is 0 Å². The maximum Gasteiger partial charge on any atom is 0.278 e. The van der Waals surface area contributed by atoms with Gasteiger partial charge in [-0.1, -0.05) is 12.1 Å². The summed E-state index contributed by atoms with van der Waals surface area (Å²) < 4.78 is 14.6. The minimum absolute atomic E-state index is 0.0109. The molecule has 4 N–H and O–H groups in total. The van der Waals surface area contributed by atoms with E-state index in [9.17, 15) is 9.18 Å². The fraction of sp³-hybridized carbons (Fsp3) is 0. The van der Waals surface area contributed by atoms with Crippen molar-refractivity contribution in [3.8, 4) is 5.69 Å². The van der Waals surface area contributed by atoms with E-state index in [1.54, 1.807) is 12.1 Å². The van der Waals surface area contributed by atoms with Crippen molar-refractivity contribution in [2.75, 3.05) is 11.5 Å². The average molecular weight is 219 g/mol. The quantitative estimate of drug-likeness (QED) is 0.755. The molecule has 0 aliphatic carbocycles. The first-order chi connectivity index (χ1) is 7.59. The first-order valence-electron chi connectivity index (χ1n) is 4.62. The molecular weight excluding hydrogens is 209 g/mol. The van der Waals surface area contributed by atoms with Crippen LogP contribution in [0.2, 0.25) is 0 Å². The molecule has 1 aromatic heterocycles. The molecule has 5 heteroatoms. The number of halogens is 1. The molecule has 0 spiro atoms. The minimum Gasteiger partial charge on any atom is -0.397 e. The fourth-order valence-electron chi connectivity index (χ4n) is 1.45. The Balaban J connectivity index is 2.75. The summed E-state index contributed by atoms with van der Waals surface area (Å²) in [7, 11) is 0. The number of hydrogen-bond donors (Lipinski definition) is 2. The second-order valence-electron chi connectivity index (χ2n) is 3.36. The van der Waals surface area contributed by atoms with Crippen molar-refractivity contribution in [1.82, 2.24) is 4.57 Å². The Morgan fingerprint density at radius 1 is 1.19 bits per heavy atom. The number of pyridine rings is 1. The molecule has 0 fully saturated rings. The first kappa shape index (κ1) is 10.2. The molecule has 0 aliphatic rings. The molecule has 16 heavy (non-hydrogen) atoms. The fourth-order valence-corrected chi connectivity index (χ4v) is 1.45. The summed E-state index contributed by atoms with van der Waals surface area (Å²) in [6, 6.07) is 7.26. The van der Waals surface area contributed by atoms with Gasteiger partial charge in [-0.3, -0.25) is 9.36 Å². The van der Waals surface area contributed by atoms with E-state index in [2.05, 4.69) is 0 Å². The van der Waals surface area contributed by atoms with Crippen LogP contribution in [-0.2, 0) is 0 Å². The normalized spacial score (nSPS) is 10.3. The maximum atomic E-state index is 13.5. The largest absolute Gasteiger partial charge is 0.397 e. The molecule has 0 atom stereocenters.